The first kappa shape index (κ1) is 29.2. The van der Waals surface area contributed by atoms with Gasteiger partial charge in [0, 0.05) is 5.54 Å². The summed E-state index contributed by atoms with van der Waals surface area (Å²) in [6, 6.07) is 2.12. The maximum Gasteiger partial charge on any atom is 0.324 e. The summed E-state index contributed by atoms with van der Waals surface area (Å²) < 4.78 is 0. The fraction of sp³-hybridized carbons (Fsp3) is 0.784. The van der Waals surface area contributed by atoms with Gasteiger partial charge in [0.05, 0.1) is 6.07 Å². The SMILES string of the molecule is C=C(C)[C@@H]1CC[C@]2(N)CC[C@]3(C)[C@H](CC[C@@H]4[C@@]5(C)CC=C(C6=CCC(C#N)(C(=O)O)CC6)C(C)(C)[C@@H]5CC[C@]43C)[C@@H]12. The Labute approximate surface area is 248 Å². The van der Waals surface area contributed by atoms with Crippen molar-refractivity contribution in [1.29, 1.82) is 5.26 Å². The molecule has 4 fully saturated rings. The van der Waals surface area contributed by atoms with E-state index in [-0.39, 0.29) is 16.4 Å². The van der Waals surface area contributed by atoms with Crippen molar-refractivity contribution in [2.75, 3.05) is 0 Å². The van der Waals surface area contributed by atoms with Gasteiger partial charge in [-0.1, -0.05) is 58.9 Å². The van der Waals surface area contributed by atoms with E-state index in [1.54, 1.807) is 0 Å². The molecule has 6 aliphatic rings. The van der Waals surface area contributed by atoms with Crippen LogP contribution < -0.4 is 5.73 Å². The second-order valence-electron chi connectivity index (χ2n) is 16.9. The highest BCUT2D eigenvalue weighted by Crippen LogP contribution is 2.76. The number of hydrogen-bond donors (Lipinski definition) is 2. The summed E-state index contributed by atoms with van der Waals surface area (Å²) in [7, 11) is 0. The lowest BCUT2D eigenvalue weighted by atomic mass is 9.33. The molecule has 4 saturated carbocycles. The van der Waals surface area contributed by atoms with Gasteiger partial charge in [-0.05, 0) is 146 Å². The van der Waals surface area contributed by atoms with Crippen molar-refractivity contribution in [3.63, 3.8) is 0 Å². The summed E-state index contributed by atoms with van der Waals surface area (Å²) in [4.78, 5) is 11.9. The van der Waals surface area contributed by atoms with Crippen molar-refractivity contribution in [3.05, 3.63) is 35.5 Å². The quantitative estimate of drug-likeness (QED) is 0.340. The molecule has 10 atom stereocenters. The van der Waals surface area contributed by atoms with Crippen LogP contribution in [0.2, 0.25) is 0 Å². The van der Waals surface area contributed by atoms with Crippen molar-refractivity contribution in [3.8, 4) is 6.07 Å². The molecule has 6 aliphatic carbocycles. The molecule has 0 saturated heterocycles. The van der Waals surface area contributed by atoms with Crippen molar-refractivity contribution in [1.82, 2.24) is 0 Å². The molecular weight excluding hydrogens is 504 g/mol. The van der Waals surface area contributed by atoms with Gasteiger partial charge in [-0.15, -0.1) is 0 Å². The number of aliphatic carboxylic acids is 1. The Morgan fingerprint density at radius 1 is 0.951 bits per heavy atom. The minimum atomic E-state index is -1.26. The molecule has 0 aromatic carbocycles. The van der Waals surface area contributed by atoms with E-state index in [9.17, 15) is 15.2 Å². The Morgan fingerprint density at radius 3 is 2.29 bits per heavy atom. The Hall–Kier alpha value is -1.86. The number of carboxylic acid groups (broad SMARTS) is 1. The predicted octanol–water partition coefficient (Wildman–Crippen LogP) is 8.60. The summed E-state index contributed by atoms with van der Waals surface area (Å²) in [5, 5.41) is 19.4. The Morgan fingerprint density at radius 2 is 1.68 bits per heavy atom. The molecular formula is C37H54N2O2. The zero-order valence-corrected chi connectivity index (χ0v) is 26.6. The number of carbonyl (C=O) groups is 1. The highest BCUT2D eigenvalue weighted by Gasteiger charge is 2.70. The lowest BCUT2D eigenvalue weighted by molar-refractivity contribution is -0.219. The molecule has 4 nitrogen and oxygen atoms in total. The van der Waals surface area contributed by atoms with E-state index in [1.807, 2.05) is 0 Å². The standard InChI is InChI=1S/C37H54N2O2/c1-23(2)25-12-19-37(39)21-20-34(6)27(30(25)37)8-9-29-33(5)15-13-26(32(3,4)28(33)14-16-35(29,34)7)24-10-17-36(22-38,18-11-24)31(40)41/h10,13,25,27-30H,1,8-9,11-12,14-21,39H2,2-7H3,(H,40,41)/t25-,27+,28-,29+,30+,33-,34+,35+,36?,37-/m0/s1. The third-order valence-electron chi connectivity index (χ3n) is 15.2. The summed E-state index contributed by atoms with van der Waals surface area (Å²) >= 11 is 0. The van der Waals surface area contributed by atoms with E-state index >= 15 is 0 Å². The van der Waals surface area contributed by atoms with Crippen LogP contribution in [0.4, 0.5) is 0 Å². The smallest absolute Gasteiger partial charge is 0.324 e. The molecule has 3 N–H and O–H groups in total. The predicted molar refractivity (Wildman–Crippen MR) is 165 cm³/mol. The highest BCUT2D eigenvalue weighted by molar-refractivity contribution is 5.78. The fourth-order valence-corrected chi connectivity index (χ4v) is 12.8. The van der Waals surface area contributed by atoms with E-state index in [2.05, 4.69) is 66.3 Å². The Balaban J connectivity index is 1.33. The zero-order valence-electron chi connectivity index (χ0n) is 26.6. The van der Waals surface area contributed by atoms with Gasteiger partial charge in [-0.3, -0.25) is 4.79 Å². The van der Waals surface area contributed by atoms with Crippen LogP contribution in [0, 0.1) is 68.0 Å². The van der Waals surface area contributed by atoms with Crippen LogP contribution in [0.3, 0.4) is 0 Å². The molecule has 0 amide bonds. The third-order valence-corrected chi connectivity index (χ3v) is 15.2. The maximum absolute atomic E-state index is 11.9. The van der Waals surface area contributed by atoms with E-state index in [0.29, 0.717) is 59.7 Å². The van der Waals surface area contributed by atoms with E-state index < -0.39 is 11.4 Å². The van der Waals surface area contributed by atoms with Crippen LogP contribution in [0.25, 0.3) is 0 Å². The number of carboxylic acids is 1. The average molecular weight is 559 g/mol. The molecule has 0 aliphatic heterocycles. The lowest BCUT2D eigenvalue weighted by Crippen LogP contribution is -2.67. The zero-order chi connectivity index (χ0) is 29.8. The second kappa shape index (κ2) is 9.07. The number of nitrogens with two attached hydrogens (primary N) is 1. The van der Waals surface area contributed by atoms with Crippen LogP contribution in [0.1, 0.15) is 119 Å². The second-order valence-corrected chi connectivity index (χ2v) is 16.9. The number of fused-ring (bicyclic) bond motifs is 7. The van der Waals surface area contributed by atoms with Crippen LogP contribution in [-0.4, -0.2) is 16.6 Å². The van der Waals surface area contributed by atoms with Gasteiger partial charge in [0.25, 0.3) is 0 Å². The van der Waals surface area contributed by atoms with Gasteiger partial charge < -0.3 is 10.8 Å². The van der Waals surface area contributed by atoms with Gasteiger partial charge in [0.15, 0.2) is 5.41 Å². The number of rotatable bonds is 3. The summed E-state index contributed by atoms with van der Waals surface area (Å²) in [6.45, 7) is 19.6. The normalized spacial score (nSPS) is 50.1. The van der Waals surface area contributed by atoms with Gasteiger partial charge in [-0.2, -0.15) is 5.26 Å². The topological polar surface area (TPSA) is 87.1 Å². The highest BCUT2D eigenvalue weighted by atomic mass is 16.4. The molecule has 41 heavy (non-hydrogen) atoms. The van der Waals surface area contributed by atoms with Crippen molar-refractivity contribution >= 4 is 5.97 Å². The Kier molecular flexibility index (Phi) is 6.47. The summed E-state index contributed by atoms with van der Waals surface area (Å²) in [5.41, 5.74) is 11.0. The van der Waals surface area contributed by atoms with E-state index in [4.69, 9.17) is 5.73 Å². The molecule has 0 heterocycles. The fourth-order valence-electron chi connectivity index (χ4n) is 12.8. The van der Waals surface area contributed by atoms with Gasteiger partial charge in [0.1, 0.15) is 0 Å². The molecule has 0 aromatic heterocycles. The summed E-state index contributed by atoms with van der Waals surface area (Å²) in [6.07, 6.45) is 17.1. The first-order chi connectivity index (χ1) is 19.1. The third kappa shape index (κ3) is 3.69. The maximum atomic E-state index is 11.9. The molecule has 0 radical (unpaired) electrons. The monoisotopic (exact) mass is 558 g/mol. The first-order valence-corrected chi connectivity index (χ1v) is 16.6. The largest absolute Gasteiger partial charge is 0.480 e. The van der Waals surface area contributed by atoms with E-state index in [0.717, 1.165) is 6.42 Å². The summed E-state index contributed by atoms with van der Waals surface area (Å²) in [5.74, 6) is 2.18. The van der Waals surface area contributed by atoms with Crippen LogP contribution in [0.5, 0.6) is 0 Å². The molecule has 0 bridgehead atoms. The molecule has 6 rings (SSSR count). The van der Waals surface area contributed by atoms with Crippen molar-refractivity contribution in [2.45, 2.75) is 124 Å². The van der Waals surface area contributed by atoms with Gasteiger partial charge in [0.2, 0.25) is 0 Å². The average Bonchev–Trinajstić information content (AvgIpc) is 3.27. The number of hydrogen-bond acceptors (Lipinski definition) is 3. The minimum Gasteiger partial charge on any atom is -0.480 e. The minimum absolute atomic E-state index is 0.0000540. The molecule has 0 spiro atoms. The molecule has 0 aromatic rings. The number of allylic oxidation sites excluding steroid dienone is 5. The number of nitrogens with zero attached hydrogens (tertiary/aromatic N) is 1. The lowest BCUT2D eigenvalue weighted by Gasteiger charge is -2.72. The molecule has 224 valence electrons. The van der Waals surface area contributed by atoms with Crippen molar-refractivity contribution in [2.24, 2.45) is 62.4 Å². The van der Waals surface area contributed by atoms with Crippen LogP contribution in [0.15, 0.2) is 35.5 Å². The van der Waals surface area contributed by atoms with Crippen molar-refractivity contribution < 1.29 is 9.90 Å². The molecule has 1 unspecified atom stereocenters. The van der Waals surface area contributed by atoms with E-state index in [1.165, 1.54) is 68.1 Å². The van der Waals surface area contributed by atoms with Gasteiger partial charge >= 0.3 is 5.97 Å². The van der Waals surface area contributed by atoms with Crippen LogP contribution in [-0.2, 0) is 4.79 Å². The first-order valence-electron chi connectivity index (χ1n) is 16.6. The van der Waals surface area contributed by atoms with Gasteiger partial charge in [-0.25, -0.2) is 0 Å². The van der Waals surface area contributed by atoms with Crippen LogP contribution >= 0.6 is 0 Å². The molecule has 4 heteroatoms. The number of nitriles is 1. The Bertz CT molecular complexity index is 1270.